The van der Waals surface area contributed by atoms with Crippen molar-refractivity contribution in [2.45, 2.75) is 25.7 Å². The number of carbonyl (C=O) groups is 2. The Morgan fingerprint density at radius 3 is 2.36 bits per heavy atom. The minimum atomic E-state index is -0.359. The molecule has 0 spiro atoms. The zero-order valence-electron chi connectivity index (χ0n) is 6.38. The number of Topliss-reactive ketones (excluding diaryl/α,β-unsaturated/α-hetero) is 1. The summed E-state index contributed by atoms with van der Waals surface area (Å²) >= 11 is 3.50. The Labute approximate surface area is 71.7 Å². The molecule has 0 saturated carbocycles. The Morgan fingerprint density at radius 1 is 1.27 bits per heavy atom. The fraction of sp³-hybridized carbons (Fsp3) is 0.714. The molecule has 0 bridgehead atoms. The van der Waals surface area contributed by atoms with Gasteiger partial charge in [-0.3, -0.25) is 9.59 Å². The van der Waals surface area contributed by atoms with Gasteiger partial charge in [0.2, 0.25) is 0 Å². The monoisotopic (exact) mass is 175 g/mol. The Bertz CT molecular complexity index is 147. The summed E-state index contributed by atoms with van der Waals surface area (Å²) in [5.41, 5.74) is 5.22. The van der Waals surface area contributed by atoms with Crippen molar-refractivity contribution in [1.82, 2.24) is 0 Å². The van der Waals surface area contributed by atoms with E-state index in [1.807, 2.05) is 0 Å². The van der Waals surface area contributed by atoms with Crippen molar-refractivity contribution in [3.63, 3.8) is 0 Å². The number of rotatable bonds is 6. The molecule has 0 rings (SSSR count). The van der Waals surface area contributed by atoms with Crippen LogP contribution in [0.25, 0.3) is 0 Å². The maximum absolute atomic E-state index is 10.8. The number of unbranched alkanes of at least 4 members (excludes halogenated alkanes) is 1. The van der Waals surface area contributed by atoms with Gasteiger partial charge in [0, 0.05) is 6.42 Å². The highest BCUT2D eigenvalue weighted by Gasteiger charge is 2.04. The Kier molecular flexibility index (Phi) is 6.16. The predicted molar refractivity (Wildman–Crippen MR) is 46.5 cm³/mol. The minimum Gasteiger partial charge on any atom is -0.330 e. The molecule has 4 heteroatoms. The van der Waals surface area contributed by atoms with Gasteiger partial charge in [-0.15, -0.1) is 12.6 Å². The van der Waals surface area contributed by atoms with Crippen molar-refractivity contribution in [3.8, 4) is 0 Å². The van der Waals surface area contributed by atoms with Crippen molar-refractivity contribution in [2.75, 3.05) is 6.54 Å². The van der Waals surface area contributed by atoms with Crippen molar-refractivity contribution >= 4 is 23.5 Å². The highest BCUT2D eigenvalue weighted by molar-refractivity contribution is 7.96. The summed E-state index contributed by atoms with van der Waals surface area (Å²) in [7, 11) is 0. The smallest absolute Gasteiger partial charge is 0.193 e. The van der Waals surface area contributed by atoms with E-state index in [0.29, 0.717) is 13.0 Å². The standard InChI is InChI=1S/C7H13NO2S/c8-4-2-1-3-6(9)5-7(10)11/h1-5,8H2,(H,10,11). The highest BCUT2D eigenvalue weighted by Crippen LogP contribution is 1.99. The minimum absolute atomic E-state index is 0.0431. The van der Waals surface area contributed by atoms with Crippen molar-refractivity contribution in [3.05, 3.63) is 0 Å². The number of hydrogen-bond acceptors (Lipinski definition) is 3. The summed E-state index contributed by atoms with van der Waals surface area (Å²) in [6.45, 7) is 0.599. The third-order valence-electron chi connectivity index (χ3n) is 1.26. The second-order valence-corrected chi connectivity index (χ2v) is 2.85. The van der Waals surface area contributed by atoms with Gasteiger partial charge in [-0.25, -0.2) is 0 Å². The second-order valence-electron chi connectivity index (χ2n) is 2.35. The molecule has 11 heavy (non-hydrogen) atoms. The number of thiol groups is 1. The topological polar surface area (TPSA) is 60.2 Å². The first-order chi connectivity index (χ1) is 5.16. The fourth-order valence-corrected chi connectivity index (χ4v) is 0.900. The lowest BCUT2D eigenvalue weighted by molar-refractivity contribution is -0.123. The normalized spacial score (nSPS) is 9.64. The zero-order valence-corrected chi connectivity index (χ0v) is 7.27. The molecule has 64 valence electrons. The van der Waals surface area contributed by atoms with Crippen LogP contribution in [0, 0.1) is 0 Å². The average Bonchev–Trinajstić information content (AvgIpc) is 1.86. The van der Waals surface area contributed by atoms with Crippen LogP contribution in [0.2, 0.25) is 0 Å². The first kappa shape index (κ1) is 10.7. The van der Waals surface area contributed by atoms with Crippen LogP contribution in [0.4, 0.5) is 0 Å². The van der Waals surface area contributed by atoms with Crippen LogP contribution in [-0.2, 0) is 9.59 Å². The van der Waals surface area contributed by atoms with Crippen LogP contribution in [0.3, 0.4) is 0 Å². The maximum atomic E-state index is 10.8. The van der Waals surface area contributed by atoms with E-state index in [9.17, 15) is 9.59 Å². The van der Waals surface area contributed by atoms with E-state index < -0.39 is 0 Å². The molecule has 0 fully saturated rings. The molecular weight excluding hydrogens is 162 g/mol. The summed E-state index contributed by atoms with van der Waals surface area (Å²) in [6, 6.07) is 0. The van der Waals surface area contributed by atoms with Gasteiger partial charge in [0.25, 0.3) is 0 Å². The Morgan fingerprint density at radius 2 is 1.91 bits per heavy atom. The summed E-state index contributed by atoms with van der Waals surface area (Å²) in [5.74, 6) is -0.0431. The third-order valence-corrected chi connectivity index (χ3v) is 1.42. The van der Waals surface area contributed by atoms with Crippen LogP contribution in [0.1, 0.15) is 25.7 Å². The van der Waals surface area contributed by atoms with Gasteiger partial charge in [-0.1, -0.05) is 0 Å². The van der Waals surface area contributed by atoms with Crippen LogP contribution in [0.15, 0.2) is 0 Å². The van der Waals surface area contributed by atoms with Crippen LogP contribution >= 0.6 is 12.6 Å². The SMILES string of the molecule is NCCCCC(=O)CC(=O)S. The predicted octanol–water partition coefficient (Wildman–Crippen LogP) is 0.531. The van der Waals surface area contributed by atoms with Gasteiger partial charge in [0.15, 0.2) is 5.12 Å². The number of carbonyl (C=O) groups excluding carboxylic acids is 2. The molecule has 0 atom stereocenters. The van der Waals surface area contributed by atoms with E-state index in [2.05, 4.69) is 12.6 Å². The molecular formula is C7H13NO2S. The van der Waals surface area contributed by atoms with E-state index >= 15 is 0 Å². The Balaban J connectivity index is 3.30. The molecule has 0 aromatic carbocycles. The number of hydrogen-bond donors (Lipinski definition) is 2. The molecule has 0 aromatic heterocycles. The van der Waals surface area contributed by atoms with Gasteiger partial charge in [-0.05, 0) is 19.4 Å². The molecule has 2 N–H and O–H groups in total. The van der Waals surface area contributed by atoms with Gasteiger partial charge >= 0.3 is 0 Å². The van der Waals surface area contributed by atoms with Crippen LogP contribution < -0.4 is 5.73 Å². The lowest BCUT2D eigenvalue weighted by atomic mass is 10.1. The lowest BCUT2D eigenvalue weighted by Gasteiger charge is -1.95. The Hall–Kier alpha value is -0.350. The van der Waals surface area contributed by atoms with Crippen molar-refractivity contribution < 1.29 is 9.59 Å². The molecule has 0 aliphatic rings. The van der Waals surface area contributed by atoms with Gasteiger partial charge in [0.1, 0.15) is 5.78 Å². The molecule has 0 saturated heterocycles. The summed E-state index contributed by atoms with van der Waals surface area (Å²) in [6.07, 6.45) is 2.01. The molecule has 0 aromatic rings. The van der Waals surface area contributed by atoms with Crippen LogP contribution in [0.5, 0.6) is 0 Å². The molecule has 0 aliphatic heterocycles. The largest absolute Gasteiger partial charge is 0.330 e. The molecule has 0 heterocycles. The van der Waals surface area contributed by atoms with Crippen LogP contribution in [-0.4, -0.2) is 17.4 Å². The molecule has 0 radical (unpaired) electrons. The first-order valence-electron chi connectivity index (χ1n) is 3.60. The fourth-order valence-electron chi connectivity index (χ4n) is 0.724. The van der Waals surface area contributed by atoms with E-state index in [1.165, 1.54) is 0 Å². The molecule has 3 nitrogen and oxygen atoms in total. The summed E-state index contributed by atoms with van der Waals surface area (Å²) in [4.78, 5) is 21.1. The summed E-state index contributed by atoms with van der Waals surface area (Å²) in [5, 5.41) is -0.359. The lowest BCUT2D eigenvalue weighted by Crippen LogP contribution is -2.04. The first-order valence-corrected chi connectivity index (χ1v) is 4.05. The van der Waals surface area contributed by atoms with Crippen molar-refractivity contribution in [2.24, 2.45) is 5.73 Å². The van der Waals surface area contributed by atoms with Gasteiger partial charge in [-0.2, -0.15) is 0 Å². The van der Waals surface area contributed by atoms with E-state index in [1.54, 1.807) is 0 Å². The second kappa shape index (κ2) is 6.37. The van der Waals surface area contributed by atoms with Gasteiger partial charge < -0.3 is 5.73 Å². The number of ketones is 1. The zero-order chi connectivity index (χ0) is 8.69. The molecule has 0 amide bonds. The third kappa shape index (κ3) is 7.55. The van der Waals surface area contributed by atoms with E-state index in [-0.39, 0.29) is 17.3 Å². The van der Waals surface area contributed by atoms with Crippen molar-refractivity contribution in [1.29, 1.82) is 0 Å². The number of nitrogens with two attached hydrogens (primary N) is 1. The quantitative estimate of drug-likeness (QED) is 0.352. The maximum Gasteiger partial charge on any atom is 0.193 e. The summed E-state index contributed by atoms with van der Waals surface area (Å²) < 4.78 is 0. The molecule has 0 aliphatic carbocycles. The molecule has 0 unspecified atom stereocenters. The van der Waals surface area contributed by atoms with E-state index in [0.717, 1.165) is 12.8 Å². The van der Waals surface area contributed by atoms with Gasteiger partial charge in [0.05, 0.1) is 6.42 Å². The highest BCUT2D eigenvalue weighted by atomic mass is 32.1. The van der Waals surface area contributed by atoms with E-state index in [4.69, 9.17) is 5.73 Å². The average molecular weight is 175 g/mol.